The Morgan fingerprint density at radius 1 is 0.769 bits per heavy atom. The zero-order chi connectivity index (χ0) is 27.2. The molecule has 1 aliphatic rings. The maximum atomic E-state index is 12.0. The van der Waals surface area contributed by atoms with E-state index in [-0.39, 0.29) is 4.90 Å². The number of nitrogens with zero attached hydrogens (tertiary/aromatic N) is 1. The van der Waals surface area contributed by atoms with Crippen LogP contribution in [0.5, 0.6) is 23.0 Å². The lowest BCUT2D eigenvalue weighted by Crippen LogP contribution is -2.29. The normalized spacial score (nSPS) is 14.6. The molecule has 1 heterocycles. The molecule has 0 spiro atoms. The largest absolute Gasteiger partial charge is 0.497 e. The first kappa shape index (κ1) is 27.0. The first-order chi connectivity index (χ1) is 18.9. The molecule has 0 atom stereocenters. The molecule has 6 nitrogen and oxygen atoms in total. The van der Waals surface area contributed by atoms with Crippen molar-refractivity contribution in [2.24, 2.45) is 0 Å². The van der Waals surface area contributed by atoms with E-state index in [1.54, 1.807) is 19.2 Å². The van der Waals surface area contributed by atoms with E-state index in [1.807, 2.05) is 66.7 Å². The summed E-state index contributed by atoms with van der Waals surface area (Å²) in [5, 5.41) is 1.91. The maximum absolute atomic E-state index is 12.0. The van der Waals surface area contributed by atoms with Crippen LogP contribution in [0.1, 0.15) is 25.7 Å². The van der Waals surface area contributed by atoms with Crippen molar-refractivity contribution in [3.8, 4) is 34.1 Å². The molecule has 0 N–H and O–H groups in total. The summed E-state index contributed by atoms with van der Waals surface area (Å²) in [6, 6.07) is 24.5. The molecule has 4 aromatic rings. The average Bonchev–Trinajstić information content (AvgIpc) is 3.22. The quantitative estimate of drug-likeness (QED) is 0.226. The molecule has 1 aliphatic heterocycles. The Hall–Kier alpha value is -3.55. The van der Waals surface area contributed by atoms with Gasteiger partial charge in [-0.2, -0.15) is 0 Å². The summed E-state index contributed by atoms with van der Waals surface area (Å²) in [5.74, 6) is 2.96. The van der Waals surface area contributed by atoms with Crippen LogP contribution in [0.2, 0.25) is 0 Å². The van der Waals surface area contributed by atoms with Crippen LogP contribution in [-0.4, -0.2) is 52.9 Å². The van der Waals surface area contributed by atoms with Gasteiger partial charge in [0, 0.05) is 23.8 Å². The monoisotopic (exact) mass is 545 g/mol. The number of hydrogen-bond acceptors (Lipinski definition) is 6. The molecule has 0 amide bonds. The smallest absolute Gasteiger partial charge is 0.175 e. The summed E-state index contributed by atoms with van der Waals surface area (Å²) in [6.45, 7) is 3.93. The molecule has 1 fully saturated rings. The van der Waals surface area contributed by atoms with Gasteiger partial charge in [-0.05, 0) is 97.5 Å². The summed E-state index contributed by atoms with van der Waals surface area (Å²) in [5.41, 5.74) is 1.73. The van der Waals surface area contributed by atoms with Crippen LogP contribution in [-0.2, 0) is 9.84 Å². The Balaban J connectivity index is 1.38. The van der Waals surface area contributed by atoms with Gasteiger partial charge in [-0.3, -0.25) is 4.90 Å². The van der Waals surface area contributed by atoms with Crippen LogP contribution in [0.25, 0.3) is 21.9 Å². The van der Waals surface area contributed by atoms with Crippen LogP contribution in [0.3, 0.4) is 0 Å². The second kappa shape index (κ2) is 12.1. The van der Waals surface area contributed by atoms with Crippen molar-refractivity contribution >= 4 is 20.6 Å². The van der Waals surface area contributed by atoms with Crippen LogP contribution in [0, 0.1) is 0 Å². The van der Waals surface area contributed by atoms with Crippen molar-refractivity contribution in [1.29, 1.82) is 0 Å². The number of likely N-dealkylation sites (tertiary alicyclic amines) is 1. The summed E-state index contributed by atoms with van der Waals surface area (Å²) >= 11 is 0. The lowest BCUT2D eigenvalue weighted by atomic mass is 9.99. The first-order valence-corrected chi connectivity index (χ1v) is 15.3. The molecule has 204 valence electrons. The highest BCUT2D eigenvalue weighted by atomic mass is 32.2. The molecule has 0 saturated carbocycles. The predicted molar refractivity (Wildman–Crippen MR) is 156 cm³/mol. The van der Waals surface area contributed by atoms with Crippen LogP contribution >= 0.6 is 0 Å². The molecule has 0 unspecified atom stereocenters. The van der Waals surface area contributed by atoms with Crippen molar-refractivity contribution in [3.63, 3.8) is 0 Å². The second-order valence-corrected chi connectivity index (χ2v) is 12.0. The Kier molecular flexibility index (Phi) is 8.38. The Labute approximate surface area is 231 Å². The van der Waals surface area contributed by atoms with E-state index in [2.05, 4.69) is 4.90 Å². The minimum Gasteiger partial charge on any atom is -0.497 e. The number of methoxy groups -OCH3 is 1. The molecule has 0 aromatic heterocycles. The molecule has 0 radical (unpaired) electrons. The molecule has 0 bridgehead atoms. The van der Waals surface area contributed by atoms with Crippen LogP contribution in [0.15, 0.2) is 83.8 Å². The molecular formula is C32H35NO5S. The van der Waals surface area contributed by atoms with Gasteiger partial charge in [0.2, 0.25) is 0 Å². The zero-order valence-corrected chi connectivity index (χ0v) is 23.4. The third kappa shape index (κ3) is 6.72. The Morgan fingerprint density at radius 3 is 2.10 bits per heavy atom. The number of hydrogen-bond donors (Lipinski definition) is 0. The number of fused-ring (bicyclic) bond motifs is 1. The van der Waals surface area contributed by atoms with Gasteiger partial charge >= 0.3 is 0 Å². The summed E-state index contributed by atoms with van der Waals surface area (Å²) in [6.07, 6.45) is 6.42. The van der Waals surface area contributed by atoms with Gasteiger partial charge in [0.1, 0.15) is 29.6 Å². The fourth-order valence-corrected chi connectivity index (χ4v) is 5.63. The zero-order valence-electron chi connectivity index (χ0n) is 22.6. The SMILES string of the molecule is COc1ccc2c(Oc3ccc(OCCN4CCCCCC4)cc3)c(-c3ccc(S(C)(=O)=O)cc3)ccc2c1. The van der Waals surface area contributed by atoms with E-state index in [1.165, 1.54) is 31.9 Å². The lowest BCUT2D eigenvalue weighted by molar-refractivity contribution is 0.214. The minimum atomic E-state index is -3.28. The molecule has 0 aliphatic carbocycles. The number of sulfone groups is 1. The topological polar surface area (TPSA) is 65.1 Å². The maximum Gasteiger partial charge on any atom is 0.175 e. The van der Waals surface area contributed by atoms with Gasteiger partial charge in [-0.15, -0.1) is 0 Å². The predicted octanol–water partition coefficient (Wildman–Crippen LogP) is 6.97. The number of benzene rings is 4. The third-order valence-corrected chi connectivity index (χ3v) is 8.32. The lowest BCUT2D eigenvalue weighted by Gasteiger charge is -2.19. The minimum absolute atomic E-state index is 0.283. The fraction of sp³-hybridized carbons (Fsp3) is 0.312. The fourth-order valence-electron chi connectivity index (χ4n) is 5.00. The van der Waals surface area contributed by atoms with Gasteiger partial charge in [-0.25, -0.2) is 8.42 Å². The van der Waals surface area contributed by atoms with Gasteiger partial charge < -0.3 is 14.2 Å². The Bertz CT molecular complexity index is 1510. The van der Waals surface area contributed by atoms with Gasteiger partial charge in [0.15, 0.2) is 9.84 Å². The van der Waals surface area contributed by atoms with Crippen LogP contribution in [0.4, 0.5) is 0 Å². The van der Waals surface area contributed by atoms with E-state index in [4.69, 9.17) is 14.2 Å². The first-order valence-electron chi connectivity index (χ1n) is 13.4. The standard InChI is InChI=1S/C32H35NO5S/c1-36-28-14-18-31-25(23-28)9-17-30(24-7-15-29(16-8-24)39(2,34)35)32(31)38-27-12-10-26(11-13-27)37-22-21-33-19-5-3-4-6-20-33/h7-18,23H,3-6,19-22H2,1-2H3. The molecule has 7 heteroatoms. The van der Waals surface area contributed by atoms with E-state index < -0.39 is 9.84 Å². The average molecular weight is 546 g/mol. The highest BCUT2D eigenvalue weighted by Gasteiger charge is 2.15. The second-order valence-electron chi connectivity index (χ2n) is 10.0. The Morgan fingerprint density at radius 2 is 1.44 bits per heavy atom. The van der Waals surface area contributed by atoms with E-state index >= 15 is 0 Å². The molecule has 4 aromatic carbocycles. The number of rotatable bonds is 9. The van der Waals surface area contributed by atoms with E-state index in [0.29, 0.717) is 18.1 Å². The van der Waals surface area contributed by atoms with Gasteiger partial charge in [0.25, 0.3) is 0 Å². The van der Waals surface area contributed by atoms with Gasteiger partial charge in [0.05, 0.1) is 12.0 Å². The van der Waals surface area contributed by atoms with Crippen molar-refractivity contribution < 1.29 is 22.6 Å². The molecule has 39 heavy (non-hydrogen) atoms. The van der Waals surface area contributed by atoms with E-state index in [0.717, 1.165) is 53.0 Å². The highest BCUT2D eigenvalue weighted by molar-refractivity contribution is 7.90. The van der Waals surface area contributed by atoms with E-state index in [9.17, 15) is 8.42 Å². The number of ether oxygens (including phenoxy) is 3. The van der Waals surface area contributed by atoms with Crippen molar-refractivity contribution in [2.75, 3.05) is 39.6 Å². The summed E-state index contributed by atoms with van der Waals surface area (Å²) < 4.78 is 41.9. The molecular weight excluding hydrogens is 510 g/mol. The molecule has 1 saturated heterocycles. The van der Waals surface area contributed by atoms with Crippen molar-refractivity contribution in [2.45, 2.75) is 30.6 Å². The van der Waals surface area contributed by atoms with Crippen molar-refractivity contribution in [1.82, 2.24) is 4.90 Å². The van der Waals surface area contributed by atoms with Crippen LogP contribution < -0.4 is 14.2 Å². The molecule has 5 rings (SSSR count). The summed E-state index contributed by atoms with van der Waals surface area (Å²) in [7, 11) is -1.63. The third-order valence-electron chi connectivity index (χ3n) is 7.19. The van der Waals surface area contributed by atoms with Crippen molar-refractivity contribution in [3.05, 3.63) is 78.9 Å². The summed E-state index contributed by atoms with van der Waals surface area (Å²) in [4.78, 5) is 2.77. The highest BCUT2D eigenvalue weighted by Crippen LogP contribution is 2.41. The van der Waals surface area contributed by atoms with Gasteiger partial charge in [-0.1, -0.05) is 31.0 Å².